The average molecular weight is 260 g/mol. The topological polar surface area (TPSA) is 55.6 Å². The van der Waals surface area contributed by atoms with Gasteiger partial charge in [0.1, 0.15) is 6.10 Å². The Bertz CT molecular complexity index is 501. The number of ether oxygens (including phenoxy) is 1. The first-order chi connectivity index (χ1) is 9.15. The molecule has 2 aliphatic heterocycles. The van der Waals surface area contributed by atoms with Crippen molar-refractivity contribution in [1.82, 2.24) is 4.90 Å². The number of fused-ring (bicyclic) bond motifs is 1. The molecule has 0 radical (unpaired) electrons. The summed E-state index contributed by atoms with van der Waals surface area (Å²) in [7, 11) is 0. The second-order valence-corrected chi connectivity index (χ2v) is 5.51. The van der Waals surface area contributed by atoms with E-state index in [-0.39, 0.29) is 18.1 Å². The van der Waals surface area contributed by atoms with Gasteiger partial charge in [-0.25, -0.2) is 0 Å². The van der Waals surface area contributed by atoms with Crippen molar-refractivity contribution in [3.05, 3.63) is 29.3 Å². The molecule has 3 rings (SSSR count). The van der Waals surface area contributed by atoms with Crippen LogP contribution in [0.25, 0.3) is 0 Å². The average Bonchev–Trinajstić information content (AvgIpc) is 2.84. The second-order valence-electron chi connectivity index (χ2n) is 5.51. The van der Waals surface area contributed by atoms with Gasteiger partial charge in [-0.1, -0.05) is 12.1 Å². The highest BCUT2D eigenvalue weighted by Gasteiger charge is 2.33. The van der Waals surface area contributed by atoms with Crippen molar-refractivity contribution in [2.75, 3.05) is 12.3 Å². The molecule has 4 nitrogen and oxygen atoms in total. The molecule has 1 amide bonds. The van der Waals surface area contributed by atoms with E-state index in [0.717, 1.165) is 31.5 Å². The highest BCUT2D eigenvalue weighted by molar-refractivity contribution is 5.81. The molecule has 0 spiro atoms. The largest absolute Gasteiger partial charge is 0.398 e. The Balaban J connectivity index is 1.73. The lowest BCUT2D eigenvalue weighted by atomic mass is 9.97. The summed E-state index contributed by atoms with van der Waals surface area (Å²) < 4.78 is 5.67. The lowest BCUT2D eigenvalue weighted by Crippen LogP contribution is -2.42. The Hall–Kier alpha value is -1.55. The number of hydrogen-bond donors (Lipinski definition) is 1. The van der Waals surface area contributed by atoms with E-state index in [2.05, 4.69) is 6.07 Å². The molecule has 2 heterocycles. The van der Waals surface area contributed by atoms with Crippen LogP contribution in [0.5, 0.6) is 0 Å². The zero-order valence-electron chi connectivity index (χ0n) is 11.3. The van der Waals surface area contributed by atoms with Gasteiger partial charge in [-0.2, -0.15) is 0 Å². The van der Waals surface area contributed by atoms with Crippen LogP contribution >= 0.6 is 0 Å². The van der Waals surface area contributed by atoms with Crippen molar-refractivity contribution in [2.45, 2.75) is 44.9 Å². The fourth-order valence-corrected chi connectivity index (χ4v) is 3.02. The molecular weight excluding hydrogens is 240 g/mol. The van der Waals surface area contributed by atoms with Crippen molar-refractivity contribution in [3.8, 4) is 0 Å². The van der Waals surface area contributed by atoms with E-state index in [1.165, 1.54) is 11.1 Å². The second kappa shape index (κ2) is 4.85. The van der Waals surface area contributed by atoms with Crippen molar-refractivity contribution in [1.29, 1.82) is 0 Å². The normalized spacial score (nSPS) is 26.3. The molecule has 2 N–H and O–H groups in total. The minimum absolute atomic E-state index is 0.137. The van der Waals surface area contributed by atoms with Gasteiger partial charge in [-0.3, -0.25) is 4.79 Å². The van der Waals surface area contributed by atoms with Crippen molar-refractivity contribution in [2.24, 2.45) is 0 Å². The van der Waals surface area contributed by atoms with Gasteiger partial charge in [-0.15, -0.1) is 0 Å². The molecule has 19 heavy (non-hydrogen) atoms. The van der Waals surface area contributed by atoms with Crippen molar-refractivity contribution in [3.63, 3.8) is 0 Å². The monoisotopic (exact) mass is 260 g/mol. The van der Waals surface area contributed by atoms with Gasteiger partial charge in [-0.05, 0) is 43.4 Å². The van der Waals surface area contributed by atoms with Gasteiger partial charge in [0, 0.05) is 18.8 Å². The maximum atomic E-state index is 12.4. The Morgan fingerprint density at radius 2 is 2.26 bits per heavy atom. The fraction of sp³-hybridized carbons (Fsp3) is 0.533. The number of nitrogen functional groups attached to an aromatic ring is 1. The van der Waals surface area contributed by atoms with Crippen LogP contribution in [0.3, 0.4) is 0 Å². The quantitative estimate of drug-likeness (QED) is 0.782. The third-order valence-corrected chi connectivity index (χ3v) is 4.12. The molecule has 0 aliphatic carbocycles. The van der Waals surface area contributed by atoms with E-state index >= 15 is 0 Å². The molecule has 1 saturated heterocycles. The number of benzene rings is 1. The lowest BCUT2D eigenvalue weighted by Gasteiger charge is -2.31. The number of anilines is 1. The van der Waals surface area contributed by atoms with Gasteiger partial charge in [0.25, 0.3) is 5.91 Å². The molecule has 1 fully saturated rings. The predicted molar refractivity (Wildman–Crippen MR) is 73.5 cm³/mol. The summed E-state index contributed by atoms with van der Waals surface area (Å²) in [5.41, 5.74) is 9.19. The van der Waals surface area contributed by atoms with E-state index in [0.29, 0.717) is 6.54 Å². The highest BCUT2D eigenvalue weighted by atomic mass is 16.5. The SMILES string of the molecule is CC1CCC(C(=O)N2CCc3c(N)cccc3C2)O1. The van der Waals surface area contributed by atoms with Gasteiger partial charge >= 0.3 is 0 Å². The van der Waals surface area contributed by atoms with Crippen molar-refractivity contribution < 1.29 is 9.53 Å². The first-order valence-corrected chi connectivity index (χ1v) is 6.95. The van der Waals surface area contributed by atoms with Crippen LogP contribution in [0.15, 0.2) is 18.2 Å². The Morgan fingerprint density at radius 3 is 3.00 bits per heavy atom. The third-order valence-electron chi connectivity index (χ3n) is 4.12. The van der Waals surface area contributed by atoms with E-state index in [1.54, 1.807) is 0 Å². The maximum Gasteiger partial charge on any atom is 0.252 e. The van der Waals surface area contributed by atoms with Crippen LogP contribution in [0.4, 0.5) is 5.69 Å². The van der Waals surface area contributed by atoms with Gasteiger partial charge in [0.2, 0.25) is 0 Å². The van der Waals surface area contributed by atoms with E-state index in [9.17, 15) is 4.79 Å². The summed E-state index contributed by atoms with van der Waals surface area (Å²) in [5.74, 6) is 0.137. The Kier molecular flexibility index (Phi) is 3.19. The molecule has 0 saturated carbocycles. The molecule has 4 heteroatoms. The molecule has 2 unspecified atom stereocenters. The summed E-state index contributed by atoms with van der Waals surface area (Å²) in [6.07, 6.45) is 2.64. The molecule has 2 atom stereocenters. The number of rotatable bonds is 1. The number of amides is 1. The number of nitrogens with zero attached hydrogens (tertiary/aromatic N) is 1. The van der Waals surface area contributed by atoms with Crippen LogP contribution in [0.2, 0.25) is 0 Å². The van der Waals surface area contributed by atoms with Gasteiger partial charge in [0.15, 0.2) is 0 Å². The highest BCUT2D eigenvalue weighted by Crippen LogP contribution is 2.27. The van der Waals surface area contributed by atoms with Crippen LogP contribution in [0, 0.1) is 0 Å². The molecule has 2 aliphatic rings. The number of carbonyl (C=O) groups excluding carboxylic acids is 1. The molecule has 0 aromatic heterocycles. The third kappa shape index (κ3) is 2.32. The van der Waals surface area contributed by atoms with Gasteiger partial charge < -0.3 is 15.4 Å². The lowest BCUT2D eigenvalue weighted by molar-refractivity contribution is -0.143. The van der Waals surface area contributed by atoms with E-state index in [1.807, 2.05) is 24.0 Å². The summed E-state index contributed by atoms with van der Waals surface area (Å²) in [5, 5.41) is 0. The standard InChI is InChI=1S/C15H20N2O2/c1-10-5-6-14(19-10)15(18)17-8-7-12-11(9-17)3-2-4-13(12)16/h2-4,10,14H,5-9,16H2,1H3. The van der Waals surface area contributed by atoms with Crippen LogP contribution in [-0.4, -0.2) is 29.6 Å². The zero-order valence-corrected chi connectivity index (χ0v) is 11.3. The van der Waals surface area contributed by atoms with Crippen molar-refractivity contribution >= 4 is 11.6 Å². The minimum Gasteiger partial charge on any atom is -0.398 e. The Morgan fingerprint density at radius 1 is 1.42 bits per heavy atom. The molecule has 1 aromatic carbocycles. The molecular formula is C15H20N2O2. The van der Waals surface area contributed by atoms with Crippen LogP contribution in [-0.2, 0) is 22.5 Å². The van der Waals surface area contributed by atoms with E-state index < -0.39 is 0 Å². The fourth-order valence-electron chi connectivity index (χ4n) is 3.02. The first kappa shape index (κ1) is 12.5. The minimum atomic E-state index is -0.238. The summed E-state index contributed by atoms with van der Waals surface area (Å²) in [6, 6.07) is 5.94. The predicted octanol–water partition coefficient (Wildman–Crippen LogP) is 1.72. The number of hydrogen-bond acceptors (Lipinski definition) is 3. The molecule has 102 valence electrons. The molecule has 1 aromatic rings. The number of nitrogens with two attached hydrogens (primary N) is 1. The maximum absolute atomic E-state index is 12.4. The smallest absolute Gasteiger partial charge is 0.252 e. The molecule has 0 bridgehead atoms. The summed E-state index contributed by atoms with van der Waals surface area (Å²) in [6.45, 7) is 3.43. The first-order valence-electron chi connectivity index (χ1n) is 6.95. The van der Waals surface area contributed by atoms with Crippen LogP contribution in [0.1, 0.15) is 30.9 Å². The zero-order chi connectivity index (χ0) is 13.4. The van der Waals surface area contributed by atoms with E-state index in [4.69, 9.17) is 10.5 Å². The number of carbonyl (C=O) groups is 1. The van der Waals surface area contributed by atoms with Crippen LogP contribution < -0.4 is 5.73 Å². The summed E-state index contributed by atoms with van der Waals surface area (Å²) >= 11 is 0. The summed E-state index contributed by atoms with van der Waals surface area (Å²) in [4.78, 5) is 14.3. The van der Waals surface area contributed by atoms with Gasteiger partial charge in [0.05, 0.1) is 6.10 Å². The Labute approximate surface area is 113 Å².